The lowest BCUT2D eigenvalue weighted by molar-refractivity contribution is -0.120. The summed E-state index contributed by atoms with van der Waals surface area (Å²) in [6, 6.07) is 6.08. The first-order valence-electron chi connectivity index (χ1n) is 10.1. The molecule has 1 aliphatic rings. The molecule has 1 saturated carbocycles. The Morgan fingerprint density at radius 2 is 1.71 bits per heavy atom. The van der Waals surface area contributed by atoms with Crippen molar-refractivity contribution in [2.45, 2.75) is 63.3 Å². The minimum absolute atomic E-state index is 0.0757. The number of rotatable bonds is 8. The smallest absolute Gasteiger partial charge is 0.251 e. The van der Waals surface area contributed by atoms with Crippen molar-refractivity contribution < 1.29 is 18.0 Å². The Bertz CT molecular complexity index is 767. The molecule has 28 heavy (non-hydrogen) atoms. The summed E-state index contributed by atoms with van der Waals surface area (Å²) in [7, 11) is -3.64. The van der Waals surface area contributed by atoms with Crippen LogP contribution in [0, 0.1) is 0 Å². The first-order chi connectivity index (χ1) is 13.4. The molecule has 8 heteroatoms. The summed E-state index contributed by atoms with van der Waals surface area (Å²) in [6.45, 7) is 4.13. The van der Waals surface area contributed by atoms with Gasteiger partial charge in [0.1, 0.15) is 0 Å². The highest BCUT2D eigenvalue weighted by atomic mass is 32.2. The van der Waals surface area contributed by atoms with E-state index in [4.69, 9.17) is 0 Å². The lowest BCUT2D eigenvalue weighted by Crippen LogP contribution is -2.41. The van der Waals surface area contributed by atoms with Gasteiger partial charge in [0.15, 0.2) is 0 Å². The summed E-state index contributed by atoms with van der Waals surface area (Å²) in [6.07, 6.45) is 6.60. The molecule has 156 valence electrons. The highest BCUT2D eigenvalue weighted by molar-refractivity contribution is 7.89. The number of benzene rings is 1. The van der Waals surface area contributed by atoms with E-state index in [1.807, 2.05) is 0 Å². The van der Waals surface area contributed by atoms with Crippen LogP contribution in [0.4, 0.5) is 0 Å². The van der Waals surface area contributed by atoms with Crippen LogP contribution in [0.3, 0.4) is 0 Å². The van der Waals surface area contributed by atoms with Gasteiger partial charge in [-0.25, -0.2) is 8.42 Å². The van der Waals surface area contributed by atoms with Gasteiger partial charge in [0.2, 0.25) is 15.9 Å². The van der Waals surface area contributed by atoms with E-state index in [9.17, 15) is 18.0 Å². The third-order valence-electron chi connectivity index (χ3n) is 5.07. The van der Waals surface area contributed by atoms with Crippen molar-refractivity contribution in [3.8, 4) is 0 Å². The largest absolute Gasteiger partial charge is 0.352 e. The van der Waals surface area contributed by atoms with Gasteiger partial charge >= 0.3 is 0 Å². The third-order valence-corrected chi connectivity index (χ3v) is 7.12. The number of carbonyl (C=O) groups is 2. The molecule has 1 fully saturated rings. The fourth-order valence-electron chi connectivity index (χ4n) is 3.48. The third kappa shape index (κ3) is 6.04. The number of hydrogen-bond acceptors (Lipinski definition) is 4. The molecule has 0 bridgehead atoms. The summed E-state index contributed by atoms with van der Waals surface area (Å²) >= 11 is 0. The van der Waals surface area contributed by atoms with Crippen molar-refractivity contribution in [2.24, 2.45) is 0 Å². The molecule has 1 aromatic rings. The van der Waals surface area contributed by atoms with Crippen LogP contribution in [0.15, 0.2) is 29.2 Å². The van der Waals surface area contributed by atoms with Gasteiger partial charge in [0.25, 0.3) is 5.91 Å². The SMILES string of the molecule is CCN(CC)S(=O)(=O)c1cccc(C(=O)NCC(=O)NC2CCCCCC2)c1. The second-order valence-electron chi connectivity index (χ2n) is 7.06. The standard InChI is InChI=1S/C20H31N3O4S/c1-3-23(4-2)28(26,27)18-13-9-10-16(14-18)20(25)21-15-19(24)22-17-11-7-5-6-8-12-17/h9-10,13-14,17H,3-8,11-12,15H2,1-2H3,(H,21,25)(H,22,24). The molecule has 0 aliphatic heterocycles. The lowest BCUT2D eigenvalue weighted by Gasteiger charge is -2.19. The maximum atomic E-state index is 12.6. The van der Waals surface area contributed by atoms with Gasteiger partial charge in [-0.05, 0) is 31.0 Å². The molecule has 2 rings (SSSR count). The van der Waals surface area contributed by atoms with E-state index >= 15 is 0 Å². The highest BCUT2D eigenvalue weighted by Crippen LogP contribution is 2.18. The molecule has 2 N–H and O–H groups in total. The molecule has 0 unspecified atom stereocenters. The zero-order chi connectivity index (χ0) is 20.6. The zero-order valence-electron chi connectivity index (χ0n) is 16.7. The molecular weight excluding hydrogens is 378 g/mol. The van der Waals surface area contributed by atoms with Crippen molar-refractivity contribution in [3.05, 3.63) is 29.8 Å². The van der Waals surface area contributed by atoms with E-state index in [2.05, 4.69) is 10.6 Å². The minimum atomic E-state index is -3.64. The summed E-state index contributed by atoms with van der Waals surface area (Å²) in [4.78, 5) is 24.6. The van der Waals surface area contributed by atoms with Crippen molar-refractivity contribution >= 4 is 21.8 Å². The maximum Gasteiger partial charge on any atom is 0.251 e. The van der Waals surface area contributed by atoms with Gasteiger partial charge < -0.3 is 10.6 Å². The fraction of sp³-hybridized carbons (Fsp3) is 0.600. The van der Waals surface area contributed by atoms with Crippen molar-refractivity contribution in [2.75, 3.05) is 19.6 Å². The molecular formula is C20H31N3O4S. The predicted molar refractivity (Wildman–Crippen MR) is 109 cm³/mol. The minimum Gasteiger partial charge on any atom is -0.352 e. The Labute approximate surface area is 167 Å². The van der Waals surface area contributed by atoms with Gasteiger partial charge in [-0.3, -0.25) is 9.59 Å². The monoisotopic (exact) mass is 409 g/mol. The van der Waals surface area contributed by atoms with Crippen LogP contribution in [0.5, 0.6) is 0 Å². The molecule has 0 heterocycles. The van der Waals surface area contributed by atoms with Gasteiger partial charge in [0, 0.05) is 24.7 Å². The number of hydrogen-bond donors (Lipinski definition) is 2. The van der Waals surface area contributed by atoms with Gasteiger partial charge in [-0.2, -0.15) is 4.31 Å². The Morgan fingerprint density at radius 1 is 1.07 bits per heavy atom. The predicted octanol–water partition coefficient (Wildman–Crippen LogP) is 2.29. The average Bonchev–Trinajstić information content (AvgIpc) is 2.95. The number of carbonyl (C=O) groups excluding carboxylic acids is 2. The lowest BCUT2D eigenvalue weighted by atomic mass is 10.1. The second-order valence-corrected chi connectivity index (χ2v) is 8.99. The molecule has 0 radical (unpaired) electrons. The second kappa shape index (κ2) is 10.6. The molecule has 7 nitrogen and oxygen atoms in total. The Morgan fingerprint density at radius 3 is 2.32 bits per heavy atom. The molecule has 1 aliphatic carbocycles. The van der Waals surface area contributed by atoms with Crippen LogP contribution < -0.4 is 10.6 Å². The van der Waals surface area contributed by atoms with E-state index in [0.29, 0.717) is 13.1 Å². The normalized spacial score (nSPS) is 15.8. The summed E-state index contributed by atoms with van der Waals surface area (Å²) in [5, 5.41) is 5.56. The van der Waals surface area contributed by atoms with Crippen molar-refractivity contribution in [1.29, 1.82) is 0 Å². The van der Waals surface area contributed by atoms with Gasteiger partial charge in [0.05, 0.1) is 11.4 Å². The first-order valence-corrected chi connectivity index (χ1v) is 11.5. The Balaban J connectivity index is 1.96. The quantitative estimate of drug-likeness (QED) is 0.644. The van der Waals surface area contributed by atoms with Crippen LogP contribution in [-0.4, -0.2) is 50.2 Å². The Hall–Kier alpha value is -1.93. The first kappa shape index (κ1) is 22.4. The van der Waals surface area contributed by atoms with Crippen molar-refractivity contribution in [1.82, 2.24) is 14.9 Å². The molecule has 0 aromatic heterocycles. The van der Waals surface area contributed by atoms with Gasteiger partial charge in [-0.1, -0.05) is 45.6 Å². The van der Waals surface area contributed by atoms with Crippen LogP contribution >= 0.6 is 0 Å². The summed E-state index contributed by atoms with van der Waals surface area (Å²) < 4.78 is 26.6. The van der Waals surface area contributed by atoms with Crippen LogP contribution in [0.25, 0.3) is 0 Å². The average molecular weight is 410 g/mol. The van der Waals surface area contributed by atoms with E-state index < -0.39 is 15.9 Å². The highest BCUT2D eigenvalue weighted by Gasteiger charge is 2.22. The molecule has 1 aromatic carbocycles. The number of nitrogens with zero attached hydrogens (tertiary/aromatic N) is 1. The molecule has 2 amide bonds. The van der Waals surface area contributed by atoms with Crippen molar-refractivity contribution in [3.63, 3.8) is 0 Å². The summed E-state index contributed by atoms with van der Waals surface area (Å²) in [5.41, 5.74) is 0.218. The fourth-order valence-corrected chi connectivity index (χ4v) is 4.98. The van der Waals surface area contributed by atoms with Crippen LogP contribution in [-0.2, 0) is 14.8 Å². The summed E-state index contributed by atoms with van der Waals surface area (Å²) in [5.74, 6) is -0.681. The topological polar surface area (TPSA) is 95.6 Å². The molecule has 0 saturated heterocycles. The zero-order valence-corrected chi connectivity index (χ0v) is 17.6. The molecule has 0 spiro atoms. The number of sulfonamides is 1. The van der Waals surface area contributed by atoms with Gasteiger partial charge in [-0.15, -0.1) is 0 Å². The van der Waals surface area contributed by atoms with Crippen LogP contribution in [0.2, 0.25) is 0 Å². The van der Waals surface area contributed by atoms with E-state index in [1.54, 1.807) is 19.9 Å². The Kier molecular flexibility index (Phi) is 8.44. The van der Waals surface area contributed by atoms with E-state index in [0.717, 1.165) is 25.7 Å². The molecule has 0 atom stereocenters. The maximum absolute atomic E-state index is 12.6. The number of amides is 2. The van der Waals surface area contributed by atoms with Crippen LogP contribution in [0.1, 0.15) is 62.7 Å². The van der Waals surface area contributed by atoms with E-state index in [1.165, 1.54) is 35.3 Å². The number of nitrogens with one attached hydrogen (secondary N) is 2. The van der Waals surface area contributed by atoms with E-state index in [-0.39, 0.29) is 29.0 Å².